The predicted octanol–water partition coefficient (Wildman–Crippen LogP) is 3.03. The van der Waals surface area contributed by atoms with Gasteiger partial charge in [0, 0.05) is 24.7 Å². The van der Waals surface area contributed by atoms with E-state index in [1.165, 1.54) is 17.7 Å². The molecule has 0 spiro atoms. The molecule has 12 heteroatoms. The molecule has 3 N–H and O–H groups in total. The van der Waals surface area contributed by atoms with Crippen LogP contribution in [-0.2, 0) is 10.0 Å². The van der Waals surface area contributed by atoms with Gasteiger partial charge in [0.15, 0.2) is 5.01 Å². The van der Waals surface area contributed by atoms with Gasteiger partial charge in [-0.3, -0.25) is 4.79 Å². The number of thiazole rings is 1. The smallest absolute Gasteiger partial charge is 0.284 e. The van der Waals surface area contributed by atoms with Crippen LogP contribution in [0.1, 0.15) is 45.8 Å². The van der Waals surface area contributed by atoms with E-state index in [1.807, 2.05) is 11.9 Å². The summed E-state index contributed by atoms with van der Waals surface area (Å²) in [6, 6.07) is 1.11. The van der Waals surface area contributed by atoms with Crippen LogP contribution in [0.15, 0.2) is 26.9 Å². The Morgan fingerprint density at radius 1 is 1.41 bits per heavy atom. The largest absolute Gasteiger partial charge is 0.496 e. The number of ether oxygens (including phenoxy) is 1. The molecular weight excluding hydrogens is 498 g/mol. The number of carbonyl (C=O) groups excluding carboxylic acids is 1. The SMILES string of the molecule is COc1cc(C)c(S(=O)(=O)N=CNN2CCC[C@@H](C[C@H](N)C(=O)c3nccs3)C2)c(C)c1C.Cl. The second-order valence-corrected chi connectivity index (χ2v) is 10.8. The molecule has 0 aliphatic carbocycles. The lowest BCUT2D eigenvalue weighted by molar-refractivity contribution is 0.0917. The molecule has 188 valence electrons. The molecule has 2 aromatic rings. The van der Waals surface area contributed by atoms with E-state index in [4.69, 9.17) is 10.5 Å². The van der Waals surface area contributed by atoms with Gasteiger partial charge in [-0.25, -0.2) is 9.99 Å². The quantitative estimate of drug-likeness (QED) is 0.288. The van der Waals surface area contributed by atoms with E-state index in [0.717, 1.165) is 24.9 Å². The topological polar surface area (TPSA) is 127 Å². The fraction of sp³-hybridized carbons (Fsp3) is 0.500. The zero-order valence-electron chi connectivity index (χ0n) is 19.8. The number of nitrogens with zero attached hydrogens (tertiary/aromatic N) is 3. The molecular formula is C22H32ClN5O4S2. The number of sulfonamides is 1. The first kappa shape index (κ1) is 28.2. The molecule has 1 aliphatic rings. The molecule has 1 aromatic heterocycles. The van der Waals surface area contributed by atoms with E-state index >= 15 is 0 Å². The van der Waals surface area contributed by atoms with Crippen LogP contribution in [0, 0.1) is 26.7 Å². The molecule has 0 radical (unpaired) electrons. The van der Waals surface area contributed by atoms with E-state index in [9.17, 15) is 13.2 Å². The van der Waals surface area contributed by atoms with E-state index in [1.54, 1.807) is 38.6 Å². The average molecular weight is 530 g/mol. The summed E-state index contributed by atoms with van der Waals surface area (Å²) in [6.07, 6.45) is 5.23. The van der Waals surface area contributed by atoms with Crippen LogP contribution in [0.4, 0.5) is 0 Å². The normalized spacial score (nSPS) is 17.9. The number of aryl methyl sites for hydroxylation is 1. The van der Waals surface area contributed by atoms with Crippen molar-refractivity contribution in [2.24, 2.45) is 16.0 Å². The van der Waals surface area contributed by atoms with Crippen molar-refractivity contribution in [3.63, 3.8) is 0 Å². The molecule has 0 bridgehead atoms. The van der Waals surface area contributed by atoms with Crippen molar-refractivity contribution in [1.29, 1.82) is 0 Å². The maximum absolute atomic E-state index is 12.9. The van der Waals surface area contributed by atoms with Crippen molar-refractivity contribution >= 4 is 45.9 Å². The molecule has 0 amide bonds. The summed E-state index contributed by atoms with van der Waals surface area (Å²) in [5.41, 5.74) is 11.1. The van der Waals surface area contributed by atoms with Crippen molar-refractivity contribution in [3.8, 4) is 5.75 Å². The Bertz CT molecular complexity index is 1120. The van der Waals surface area contributed by atoms with Crippen molar-refractivity contribution in [1.82, 2.24) is 15.4 Å². The molecule has 34 heavy (non-hydrogen) atoms. The van der Waals surface area contributed by atoms with Gasteiger partial charge in [-0.2, -0.15) is 8.42 Å². The van der Waals surface area contributed by atoms with Gasteiger partial charge in [0.1, 0.15) is 12.1 Å². The third-order valence-electron chi connectivity index (χ3n) is 5.97. The highest BCUT2D eigenvalue weighted by Crippen LogP contribution is 2.31. The Morgan fingerprint density at radius 2 is 2.15 bits per heavy atom. The lowest BCUT2D eigenvalue weighted by Crippen LogP contribution is -2.46. The molecule has 0 unspecified atom stereocenters. The standard InChI is InChI=1S/C22H31N5O4S2.ClH/c1-14-10-19(31-4)15(2)16(3)21(14)33(29,30)26-13-25-27-8-5-6-17(12-27)11-18(23)20(28)22-24-7-9-32-22;/h7,9-10,13,17-18H,5-6,8,11-12,23H2,1-4H3,(H,25,26);1H/t17-,18-;/m0./s1. The first-order valence-corrected chi connectivity index (χ1v) is 13.1. The predicted molar refractivity (Wildman–Crippen MR) is 137 cm³/mol. The molecule has 1 fully saturated rings. The number of hydrazine groups is 1. The van der Waals surface area contributed by atoms with Gasteiger partial charge in [-0.15, -0.1) is 28.1 Å². The van der Waals surface area contributed by atoms with Crippen LogP contribution in [0.2, 0.25) is 0 Å². The number of nitrogens with one attached hydrogen (secondary N) is 1. The van der Waals surface area contributed by atoms with Crippen LogP contribution in [0.25, 0.3) is 0 Å². The Morgan fingerprint density at radius 3 is 2.79 bits per heavy atom. The molecule has 2 atom stereocenters. The number of piperidine rings is 1. The molecule has 1 saturated heterocycles. The second-order valence-electron chi connectivity index (χ2n) is 8.31. The average Bonchev–Trinajstić information content (AvgIpc) is 3.30. The molecule has 2 heterocycles. The van der Waals surface area contributed by atoms with E-state index in [0.29, 0.717) is 34.8 Å². The van der Waals surface area contributed by atoms with E-state index < -0.39 is 16.1 Å². The number of nitrogens with two attached hydrogens (primary N) is 1. The van der Waals surface area contributed by atoms with Gasteiger partial charge >= 0.3 is 0 Å². The molecule has 1 aromatic carbocycles. The highest BCUT2D eigenvalue weighted by molar-refractivity contribution is 7.90. The number of hydrogen-bond acceptors (Lipinski definition) is 8. The maximum atomic E-state index is 12.9. The number of hydrogen-bond donors (Lipinski definition) is 2. The number of ketones is 1. The summed E-state index contributed by atoms with van der Waals surface area (Å²) in [5, 5.41) is 4.10. The van der Waals surface area contributed by atoms with Crippen LogP contribution in [0.5, 0.6) is 5.75 Å². The number of halogens is 1. The van der Waals surface area contributed by atoms with E-state index in [-0.39, 0.29) is 29.0 Å². The minimum Gasteiger partial charge on any atom is -0.496 e. The first-order chi connectivity index (χ1) is 15.6. The minimum absolute atomic E-state index is 0. The lowest BCUT2D eigenvalue weighted by Gasteiger charge is -2.33. The molecule has 9 nitrogen and oxygen atoms in total. The number of aromatic nitrogens is 1. The summed E-state index contributed by atoms with van der Waals surface area (Å²) >= 11 is 1.29. The third-order valence-corrected chi connectivity index (χ3v) is 8.29. The third kappa shape index (κ3) is 6.54. The Hall–Kier alpha value is -2.05. The Labute approximate surface area is 211 Å². The summed E-state index contributed by atoms with van der Waals surface area (Å²) in [7, 11) is -2.32. The van der Waals surface area contributed by atoms with Crippen molar-refractivity contribution in [3.05, 3.63) is 39.3 Å². The fourth-order valence-corrected chi connectivity index (χ4v) is 6.14. The van der Waals surface area contributed by atoms with Gasteiger partial charge in [0.05, 0.1) is 18.0 Å². The van der Waals surface area contributed by atoms with E-state index in [2.05, 4.69) is 14.8 Å². The zero-order valence-corrected chi connectivity index (χ0v) is 22.2. The van der Waals surface area contributed by atoms with Crippen LogP contribution in [-0.4, -0.2) is 56.8 Å². The van der Waals surface area contributed by atoms with Crippen molar-refractivity contribution in [2.75, 3.05) is 20.2 Å². The number of carbonyl (C=O) groups is 1. The highest BCUT2D eigenvalue weighted by atomic mass is 35.5. The number of rotatable bonds is 9. The summed E-state index contributed by atoms with van der Waals surface area (Å²) in [6.45, 7) is 6.71. The molecule has 0 saturated carbocycles. The number of benzene rings is 1. The summed E-state index contributed by atoms with van der Waals surface area (Å²) in [5.74, 6) is 0.726. The highest BCUT2D eigenvalue weighted by Gasteiger charge is 2.26. The van der Waals surface area contributed by atoms with Gasteiger partial charge in [0.2, 0.25) is 5.78 Å². The first-order valence-electron chi connectivity index (χ1n) is 10.8. The van der Waals surface area contributed by atoms with Gasteiger partial charge in [-0.05, 0) is 68.7 Å². The van der Waals surface area contributed by atoms with Gasteiger partial charge in [0.25, 0.3) is 10.0 Å². The lowest BCUT2D eigenvalue weighted by atomic mass is 9.91. The van der Waals surface area contributed by atoms with Crippen LogP contribution >= 0.6 is 23.7 Å². The fourth-order valence-electron chi connectivity index (χ4n) is 4.20. The monoisotopic (exact) mass is 529 g/mol. The molecule has 3 rings (SSSR count). The van der Waals surface area contributed by atoms with Crippen LogP contribution < -0.4 is 15.9 Å². The number of methoxy groups -OCH3 is 1. The molecule has 1 aliphatic heterocycles. The summed E-state index contributed by atoms with van der Waals surface area (Å²) in [4.78, 5) is 16.6. The van der Waals surface area contributed by atoms with Crippen molar-refractivity contribution < 1.29 is 17.9 Å². The van der Waals surface area contributed by atoms with Crippen molar-refractivity contribution in [2.45, 2.75) is 51.0 Å². The van der Waals surface area contributed by atoms with Gasteiger partial charge in [-0.1, -0.05) is 0 Å². The number of Topliss-reactive ketones (excluding diaryl/α,β-unsaturated/α-hetero) is 1. The Balaban J connectivity index is 0.00000408. The Kier molecular flexibility index (Phi) is 10.0. The second kappa shape index (κ2) is 12.1. The minimum atomic E-state index is -3.88. The summed E-state index contributed by atoms with van der Waals surface area (Å²) < 4.78 is 35.0. The van der Waals surface area contributed by atoms with Crippen LogP contribution in [0.3, 0.4) is 0 Å². The zero-order chi connectivity index (χ0) is 24.2. The van der Waals surface area contributed by atoms with Gasteiger partial charge < -0.3 is 15.9 Å². The maximum Gasteiger partial charge on any atom is 0.284 e.